The number of carbonyl (C=O) groups is 1. The normalized spacial score (nSPS) is 10.5. The van der Waals surface area contributed by atoms with Gasteiger partial charge in [0.05, 0.1) is 11.0 Å². The molecule has 0 fully saturated rings. The monoisotopic (exact) mass is 374 g/mol. The number of rotatable bonds is 6. The summed E-state index contributed by atoms with van der Waals surface area (Å²) in [7, 11) is 0. The summed E-state index contributed by atoms with van der Waals surface area (Å²) in [4.78, 5) is 24.8. The van der Waals surface area contributed by atoms with Gasteiger partial charge in [0.25, 0.3) is 0 Å². The molecule has 138 valence electrons. The SMILES string of the molecule is CCn1c(=O)n(CC(=O)NCCc2ccc(N)cc2)c2ccccc21.Cl. The Kier molecular flexibility index (Phi) is 6.46. The minimum absolute atomic E-state index is 0. The van der Waals surface area contributed by atoms with Gasteiger partial charge in [0.15, 0.2) is 0 Å². The molecule has 0 spiro atoms. The number of imidazole rings is 1. The van der Waals surface area contributed by atoms with E-state index >= 15 is 0 Å². The van der Waals surface area contributed by atoms with Gasteiger partial charge in [-0.05, 0) is 43.2 Å². The average Bonchev–Trinajstić information content (AvgIpc) is 2.88. The van der Waals surface area contributed by atoms with Gasteiger partial charge in [0.2, 0.25) is 5.91 Å². The first-order valence-corrected chi connectivity index (χ1v) is 8.39. The van der Waals surface area contributed by atoms with Gasteiger partial charge in [0.1, 0.15) is 6.54 Å². The molecular formula is C19H23ClN4O2. The minimum Gasteiger partial charge on any atom is -0.399 e. The van der Waals surface area contributed by atoms with Crippen LogP contribution in [0, 0.1) is 0 Å². The maximum Gasteiger partial charge on any atom is 0.329 e. The molecule has 0 saturated heterocycles. The summed E-state index contributed by atoms with van der Waals surface area (Å²) in [5, 5.41) is 2.87. The highest BCUT2D eigenvalue weighted by atomic mass is 35.5. The Bertz CT molecular complexity index is 944. The number of para-hydroxylation sites is 2. The van der Waals surface area contributed by atoms with Crippen LogP contribution in [-0.2, 0) is 24.3 Å². The van der Waals surface area contributed by atoms with Crippen molar-refractivity contribution in [2.24, 2.45) is 0 Å². The average molecular weight is 375 g/mol. The van der Waals surface area contributed by atoms with Crippen LogP contribution in [0.2, 0.25) is 0 Å². The number of nitrogens with one attached hydrogen (secondary N) is 1. The summed E-state index contributed by atoms with van der Waals surface area (Å²) in [6.45, 7) is 3.04. The van der Waals surface area contributed by atoms with E-state index in [0.717, 1.165) is 28.7 Å². The lowest BCUT2D eigenvalue weighted by molar-refractivity contribution is -0.121. The number of hydrogen-bond donors (Lipinski definition) is 2. The van der Waals surface area contributed by atoms with E-state index in [1.165, 1.54) is 4.57 Å². The predicted octanol–water partition coefficient (Wildman–Crippen LogP) is 2.19. The molecule has 0 saturated carbocycles. The zero-order valence-electron chi connectivity index (χ0n) is 14.6. The van der Waals surface area contributed by atoms with Gasteiger partial charge < -0.3 is 11.1 Å². The van der Waals surface area contributed by atoms with Crippen LogP contribution in [0.15, 0.2) is 53.3 Å². The molecule has 0 radical (unpaired) electrons. The van der Waals surface area contributed by atoms with E-state index in [4.69, 9.17) is 5.73 Å². The van der Waals surface area contributed by atoms with Crippen LogP contribution in [0.5, 0.6) is 0 Å². The Hall–Kier alpha value is -2.73. The number of carbonyl (C=O) groups excluding carboxylic acids is 1. The van der Waals surface area contributed by atoms with Crippen LogP contribution in [0.1, 0.15) is 12.5 Å². The van der Waals surface area contributed by atoms with Crippen molar-refractivity contribution in [3.63, 3.8) is 0 Å². The van der Waals surface area contributed by atoms with Crippen LogP contribution in [0.4, 0.5) is 5.69 Å². The zero-order valence-corrected chi connectivity index (χ0v) is 15.5. The van der Waals surface area contributed by atoms with Crippen LogP contribution in [0.25, 0.3) is 11.0 Å². The maximum absolute atomic E-state index is 12.5. The Morgan fingerprint density at radius 3 is 2.27 bits per heavy atom. The number of hydrogen-bond acceptors (Lipinski definition) is 3. The van der Waals surface area contributed by atoms with Crippen molar-refractivity contribution >= 4 is 35.0 Å². The lowest BCUT2D eigenvalue weighted by Crippen LogP contribution is -2.34. The van der Waals surface area contributed by atoms with Crippen molar-refractivity contribution in [3.05, 3.63) is 64.6 Å². The quantitative estimate of drug-likeness (QED) is 0.649. The van der Waals surface area contributed by atoms with Gasteiger partial charge in [0, 0.05) is 18.8 Å². The molecular weight excluding hydrogens is 352 g/mol. The van der Waals surface area contributed by atoms with Crippen molar-refractivity contribution in [1.82, 2.24) is 14.5 Å². The number of nitrogen functional groups attached to an aromatic ring is 1. The van der Waals surface area contributed by atoms with E-state index in [0.29, 0.717) is 13.1 Å². The van der Waals surface area contributed by atoms with E-state index in [1.54, 1.807) is 4.57 Å². The summed E-state index contributed by atoms with van der Waals surface area (Å²) in [6, 6.07) is 15.1. The number of aromatic nitrogens is 2. The first-order chi connectivity index (χ1) is 12.1. The second-order valence-electron chi connectivity index (χ2n) is 5.94. The van der Waals surface area contributed by atoms with E-state index in [-0.39, 0.29) is 30.5 Å². The molecule has 0 bridgehead atoms. The van der Waals surface area contributed by atoms with Gasteiger partial charge in [-0.1, -0.05) is 24.3 Å². The van der Waals surface area contributed by atoms with E-state index < -0.39 is 0 Å². The second kappa shape index (κ2) is 8.58. The molecule has 1 heterocycles. The largest absolute Gasteiger partial charge is 0.399 e. The van der Waals surface area contributed by atoms with Gasteiger partial charge in [-0.2, -0.15) is 0 Å². The van der Waals surface area contributed by atoms with Crippen molar-refractivity contribution < 1.29 is 4.79 Å². The minimum atomic E-state index is -0.170. The van der Waals surface area contributed by atoms with Crippen LogP contribution in [0.3, 0.4) is 0 Å². The number of amides is 1. The van der Waals surface area contributed by atoms with Crippen LogP contribution < -0.4 is 16.7 Å². The fraction of sp³-hybridized carbons (Fsp3) is 0.263. The van der Waals surface area contributed by atoms with Crippen molar-refractivity contribution in [3.8, 4) is 0 Å². The third-order valence-corrected chi connectivity index (χ3v) is 4.26. The van der Waals surface area contributed by atoms with E-state index in [1.807, 2.05) is 55.5 Å². The van der Waals surface area contributed by atoms with Gasteiger partial charge in [-0.25, -0.2) is 4.79 Å². The van der Waals surface area contributed by atoms with E-state index in [9.17, 15) is 9.59 Å². The van der Waals surface area contributed by atoms with Crippen molar-refractivity contribution in [1.29, 1.82) is 0 Å². The van der Waals surface area contributed by atoms with Gasteiger partial charge >= 0.3 is 5.69 Å². The molecule has 0 aliphatic heterocycles. The number of halogens is 1. The van der Waals surface area contributed by atoms with E-state index in [2.05, 4.69) is 5.32 Å². The summed E-state index contributed by atoms with van der Waals surface area (Å²) in [6.07, 6.45) is 0.720. The Balaban J connectivity index is 0.00000243. The molecule has 2 aromatic carbocycles. The molecule has 7 heteroatoms. The third kappa shape index (κ3) is 4.08. The highest BCUT2D eigenvalue weighted by Crippen LogP contribution is 2.12. The molecule has 3 rings (SSSR count). The Morgan fingerprint density at radius 2 is 1.65 bits per heavy atom. The fourth-order valence-electron chi connectivity index (χ4n) is 2.96. The fourth-order valence-corrected chi connectivity index (χ4v) is 2.96. The summed E-state index contributed by atoms with van der Waals surface area (Å²) in [5.74, 6) is -0.170. The first kappa shape index (κ1) is 19.6. The summed E-state index contributed by atoms with van der Waals surface area (Å²) in [5.41, 5.74) is 8.96. The molecule has 1 amide bonds. The number of anilines is 1. The molecule has 1 aromatic heterocycles. The summed E-state index contributed by atoms with van der Waals surface area (Å²) >= 11 is 0. The highest BCUT2D eigenvalue weighted by molar-refractivity contribution is 5.85. The standard InChI is InChI=1S/C19H22N4O2.ClH/c1-2-22-16-5-3-4-6-17(16)23(19(22)25)13-18(24)21-12-11-14-7-9-15(20)10-8-14;/h3-10H,2,11-13,20H2,1H3,(H,21,24);1H. The highest BCUT2D eigenvalue weighted by Gasteiger charge is 2.14. The summed E-state index contributed by atoms with van der Waals surface area (Å²) < 4.78 is 3.20. The van der Waals surface area contributed by atoms with Crippen molar-refractivity contribution in [2.75, 3.05) is 12.3 Å². The predicted molar refractivity (Wildman–Crippen MR) is 107 cm³/mol. The molecule has 3 aromatic rings. The Morgan fingerprint density at radius 1 is 1.04 bits per heavy atom. The maximum atomic E-state index is 12.5. The zero-order chi connectivity index (χ0) is 17.8. The number of aryl methyl sites for hydroxylation is 1. The number of nitrogens with zero attached hydrogens (tertiary/aromatic N) is 2. The Labute approximate surface area is 158 Å². The number of fused-ring (bicyclic) bond motifs is 1. The van der Waals surface area contributed by atoms with Gasteiger partial charge in [-0.3, -0.25) is 13.9 Å². The number of benzene rings is 2. The third-order valence-electron chi connectivity index (χ3n) is 4.26. The number of nitrogens with two attached hydrogens (primary N) is 1. The molecule has 0 atom stereocenters. The molecule has 0 aliphatic carbocycles. The first-order valence-electron chi connectivity index (χ1n) is 8.39. The lowest BCUT2D eigenvalue weighted by Gasteiger charge is -2.07. The van der Waals surface area contributed by atoms with Gasteiger partial charge in [-0.15, -0.1) is 12.4 Å². The lowest BCUT2D eigenvalue weighted by atomic mass is 10.1. The molecule has 26 heavy (non-hydrogen) atoms. The molecule has 3 N–H and O–H groups in total. The van der Waals surface area contributed by atoms with Crippen LogP contribution >= 0.6 is 12.4 Å². The smallest absolute Gasteiger partial charge is 0.329 e. The molecule has 6 nitrogen and oxygen atoms in total. The van der Waals surface area contributed by atoms with Crippen molar-refractivity contribution in [2.45, 2.75) is 26.4 Å². The topological polar surface area (TPSA) is 82.0 Å². The molecule has 0 unspecified atom stereocenters. The van der Waals surface area contributed by atoms with Crippen LogP contribution in [-0.4, -0.2) is 21.6 Å². The second-order valence-corrected chi connectivity index (χ2v) is 5.94. The molecule has 0 aliphatic rings.